The number of oxime groups is 2. The van der Waals surface area contributed by atoms with Gasteiger partial charge in [0, 0.05) is 12.4 Å². The van der Waals surface area contributed by atoms with E-state index in [1.54, 1.807) is 0 Å². The zero-order valence-electron chi connectivity index (χ0n) is 27.1. The van der Waals surface area contributed by atoms with E-state index >= 15 is 0 Å². The summed E-state index contributed by atoms with van der Waals surface area (Å²) in [7, 11) is 4.41. The lowest BCUT2D eigenvalue weighted by atomic mass is 10.1. The van der Waals surface area contributed by atoms with Crippen LogP contribution in [0.3, 0.4) is 0 Å². The lowest BCUT2D eigenvalue weighted by Gasteiger charge is -2.28. The molecule has 0 N–H and O–H groups in total. The maximum atomic E-state index is 5.49. The molecule has 0 spiro atoms. The third-order valence-corrected chi connectivity index (χ3v) is 7.75. The highest BCUT2D eigenvalue weighted by atomic mass is 16.6. The minimum absolute atomic E-state index is 0.643. The van der Waals surface area contributed by atoms with Crippen molar-refractivity contribution in [1.82, 2.24) is 0 Å². The van der Waals surface area contributed by atoms with Crippen molar-refractivity contribution >= 4 is 12.4 Å². The molecule has 0 aromatic carbocycles. The van der Waals surface area contributed by atoms with E-state index in [-0.39, 0.29) is 0 Å². The number of hydrogen-bond donors (Lipinski definition) is 0. The van der Waals surface area contributed by atoms with Gasteiger partial charge >= 0.3 is 0 Å². The van der Waals surface area contributed by atoms with Crippen molar-refractivity contribution in [2.24, 2.45) is 10.3 Å². The van der Waals surface area contributed by atoms with Crippen LogP contribution in [0.2, 0.25) is 0 Å². The van der Waals surface area contributed by atoms with Crippen LogP contribution in [0, 0.1) is 0 Å². The van der Waals surface area contributed by atoms with E-state index in [0.29, 0.717) is 13.2 Å². The van der Waals surface area contributed by atoms with Crippen LogP contribution in [0.4, 0.5) is 0 Å². The lowest BCUT2D eigenvalue weighted by molar-refractivity contribution is -0.891. The minimum Gasteiger partial charge on any atom is -0.390 e. The Morgan fingerprint density at radius 3 is 1.03 bits per heavy atom. The summed E-state index contributed by atoms with van der Waals surface area (Å²) in [5, 5.41) is 8.29. The molecule has 0 bridgehead atoms. The molecule has 0 saturated carbocycles. The van der Waals surface area contributed by atoms with Crippen LogP contribution in [0.1, 0.15) is 168 Å². The number of likely N-dealkylation sites (N-methyl/N-ethyl adjacent to an activating group) is 1. The quantitative estimate of drug-likeness (QED) is 0.0360. The molecular weight excluding hydrogens is 482 g/mol. The van der Waals surface area contributed by atoms with Crippen molar-refractivity contribution in [2.75, 3.05) is 40.4 Å². The van der Waals surface area contributed by atoms with Crippen molar-refractivity contribution in [3.63, 3.8) is 0 Å². The Balaban J connectivity index is 3.40. The monoisotopic (exact) mass is 553 g/mol. The fourth-order valence-electron chi connectivity index (χ4n) is 4.80. The molecule has 0 unspecified atom stereocenters. The van der Waals surface area contributed by atoms with Crippen LogP contribution in [-0.4, -0.2) is 57.3 Å². The number of rotatable bonds is 32. The van der Waals surface area contributed by atoms with Crippen LogP contribution in [0.15, 0.2) is 10.3 Å². The molecule has 39 heavy (non-hydrogen) atoms. The lowest BCUT2D eigenvalue weighted by Crippen LogP contribution is -2.44. The van der Waals surface area contributed by atoms with Gasteiger partial charge in [0.15, 0.2) is 13.2 Å². The van der Waals surface area contributed by atoms with Crippen LogP contribution >= 0.6 is 0 Å². The van der Waals surface area contributed by atoms with Gasteiger partial charge in [0.1, 0.15) is 13.1 Å². The maximum absolute atomic E-state index is 5.49. The molecule has 0 atom stereocenters. The van der Waals surface area contributed by atoms with E-state index in [0.717, 1.165) is 30.4 Å². The second-order valence-corrected chi connectivity index (χ2v) is 12.3. The van der Waals surface area contributed by atoms with Gasteiger partial charge in [-0.05, 0) is 25.7 Å². The molecule has 0 aliphatic heterocycles. The molecule has 5 heteroatoms. The summed E-state index contributed by atoms with van der Waals surface area (Å²) in [5.41, 5.74) is 0. The summed E-state index contributed by atoms with van der Waals surface area (Å²) in [6.07, 6.45) is 36.3. The Labute approximate surface area is 245 Å². The van der Waals surface area contributed by atoms with Crippen LogP contribution < -0.4 is 0 Å². The Bertz CT molecular complexity index is 479. The van der Waals surface area contributed by atoms with Crippen LogP contribution in [0.5, 0.6) is 0 Å². The van der Waals surface area contributed by atoms with Gasteiger partial charge < -0.3 is 14.2 Å². The van der Waals surface area contributed by atoms with Gasteiger partial charge in [-0.3, -0.25) is 0 Å². The average Bonchev–Trinajstić information content (AvgIpc) is 2.92. The summed E-state index contributed by atoms with van der Waals surface area (Å²) >= 11 is 0. The van der Waals surface area contributed by atoms with Crippen molar-refractivity contribution in [2.45, 2.75) is 168 Å². The zero-order valence-corrected chi connectivity index (χ0v) is 27.1. The number of unbranched alkanes of at least 4 members (excludes halogenated alkanes) is 22. The first-order chi connectivity index (χ1) is 19.1. The van der Waals surface area contributed by atoms with Crippen molar-refractivity contribution in [3.05, 3.63) is 0 Å². The Morgan fingerprint density at radius 1 is 0.436 bits per heavy atom. The van der Waals surface area contributed by atoms with E-state index < -0.39 is 0 Å². The molecule has 5 nitrogen and oxygen atoms in total. The fourth-order valence-corrected chi connectivity index (χ4v) is 4.80. The maximum Gasteiger partial charge on any atom is 0.165 e. The average molecular weight is 553 g/mol. The van der Waals surface area contributed by atoms with Gasteiger partial charge in [0.05, 0.1) is 14.1 Å². The molecule has 0 radical (unpaired) electrons. The molecule has 0 fully saturated rings. The van der Waals surface area contributed by atoms with Crippen molar-refractivity contribution in [1.29, 1.82) is 0 Å². The van der Waals surface area contributed by atoms with Crippen LogP contribution in [-0.2, 0) is 9.68 Å². The first-order valence-corrected chi connectivity index (χ1v) is 17.2. The molecule has 0 aliphatic carbocycles. The van der Waals surface area contributed by atoms with E-state index in [2.05, 4.69) is 38.3 Å². The fraction of sp³-hybridized carbons (Fsp3) is 0.941. The molecule has 0 aliphatic rings. The Hall–Kier alpha value is -1.10. The normalized spacial score (nSPS) is 12.2. The van der Waals surface area contributed by atoms with Crippen LogP contribution in [0.25, 0.3) is 0 Å². The van der Waals surface area contributed by atoms with Gasteiger partial charge in [0.25, 0.3) is 0 Å². The van der Waals surface area contributed by atoms with E-state index in [1.807, 2.05) is 12.4 Å². The van der Waals surface area contributed by atoms with Gasteiger partial charge in [0.2, 0.25) is 0 Å². The van der Waals surface area contributed by atoms with E-state index in [1.165, 1.54) is 141 Å². The largest absolute Gasteiger partial charge is 0.390 e. The minimum atomic E-state index is 0.643. The van der Waals surface area contributed by atoms with Crippen molar-refractivity contribution in [3.8, 4) is 0 Å². The standard InChI is InChI=1S/C34H70N3O2/c1-5-7-9-11-13-15-17-19-21-23-25-27-29-35-38-33-31-37(3,4)32-34-39-36-30-28-26-24-22-20-18-16-14-12-10-8-6-2/h29-30H,5-28,31-34H2,1-4H3/q+1/b35-29+,36-30+. The highest BCUT2D eigenvalue weighted by Crippen LogP contribution is 2.13. The molecule has 0 heterocycles. The SMILES string of the molecule is CCCCCCCCCCCCC/C=N/OCC[N+](C)(C)CCO/N=C/CCCCCCCCCCCCC. The first-order valence-electron chi connectivity index (χ1n) is 17.2. The molecule has 232 valence electrons. The number of quaternary nitrogens is 1. The predicted molar refractivity (Wildman–Crippen MR) is 173 cm³/mol. The van der Waals surface area contributed by atoms with Gasteiger partial charge in [-0.25, -0.2) is 0 Å². The number of nitrogens with zero attached hydrogens (tertiary/aromatic N) is 3. The van der Waals surface area contributed by atoms with Crippen molar-refractivity contribution < 1.29 is 14.2 Å². The first kappa shape index (κ1) is 37.9. The Morgan fingerprint density at radius 2 is 0.718 bits per heavy atom. The highest BCUT2D eigenvalue weighted by molar-refractivity contribution is 5.56. The molecule has 0 saturated heterocycles. The zero-order chi connectivity index (χ0) is 28.5. The van der Waals surface area contributed by atoms with E-state index in [9.17, 15) is 0 Å². The predicted octanol–water partition coefficient (Wildman–Crippen LogP) is 10.5. The van der Waals surface area contributed by atoms with Gasteiger partial charge in [-0.15, -0.1) is 0 Å². The second-order valence-electron chi connectivity index (χ2n) is 12.3. The number of hydrogen-bond acceptors (Lipinski definition) is 4. The molecular formula is C34H70N3O2+. The summed E-state index contributed by atoms with van der Waals surface area (Å²) in [6, 6.07) is 0. The third-order valence-electron chi connectivity index (χ3n) is 7.75. The highest BCUT2D eigenvalue weighted by Gasteiger charge is 2.14. The summed E-state index contributed by atoms with van der Waals surface area (Å²) in [5.74, 6) is 0. The molecule has 0 aromatic heterocycles. The smallest absolute Gasteiger partial charge is 0.165 e. The summed E-state index contributed by atoms with van der Waals surface area (Å²) in [4.78, 5) is 11.0. The topological polar surface area (TPSA) is 43.2 Å². The van der Waals surface area contributed by atoms with Gasteiger partial charge in [-0.1, -0.05) is 153 Å². The van der Waals surface area contributed by atoms with Gasteiger partial charge in [-0.2, -0.15) is 0 Å². The third kappa shape index (κ3) is 33.0. The van der Waals surface area contributed by atoms with E-state index in [4.69, 9.17) is 9.68 Å². The Kier molecular flexibility index (Phi) is 30.5. The summed E-state index contributed by atoms with van der Waals surface area (Å²) < 4.78 is 0.849. The second kappa shape index (κ2) is 31.4. The summed E-state index contributed by atoms with van der Waals surface area (Å²) in [6.45, 7) is 7.69. The molecule has 0 amide bonds. The molecule has 0 rings (SSSR count). The molecule has 0 aromatic rings.